The Morgan fingerprint density at radius 1 is 1.12 bits per heavy atom. The maximum atomic E-state index is 13.0. The van der Waals surface area contributed by atoms with Gasteiger partial charge in [0.2, 0.25) is 5.91 Å². The zero-order valence-electron chi connectivity index (χ0n) is 19.0. The average molecular weight is 502 g/mol. The highest BCUT2D eigenvalue weighted by atomic mass is 35.5. The molecular weight excluding hydrogens is 474 g/mol. The van der Waals surface area contributed by atoms with Crippen molar-refractivity contribution in [3.8, 4) is 0 Å². The van der Waals surface area contributed by atoms with E-state index in [2.05, 4.69) is 9.88 Å². The number of sulfone groups is 1. The molecule has 3 aromatic rings. The van der Waals surface area contributed by atoms with E-state index in [1.54, 1.807) is 47.5 Å². The minimum atomic E-state index is -3.63. The van der Waals surface area contributed by atoms with Crippen molar-refractivity contribution in [3.05, 3.63) is 65.4 Å². The molecule has 1 unspecified atom stereocenters. The van der Waals surface area contributed by atoms with Gasteiger partial charge in [0.15, 0.2) is 9.84 Å². The Bertz CT molecular complexity index is 1300. The second-order valence-corrected chi connectivity index (χ2v) is 11.1. The second kappa shape index (κ2) is 10.3. The fourth-order valence-electron chi connectivity index (χ4n) is 4.41. The molecule has 0 bridgehead atoms. The maximum Gasteiger partial charge on any atom is 0.223 e. The molecule has 0 aliphatic carbocycles. The van der Waals surface area contributed by atoms with Gasteiger partial charge in [-0.05, 0) is 60.5 Å². The number of benzene rings is 2. The Morgan fingerprint density at radius 2 is 1.88 bits per heavy atom. The Morgan fingerprint density at radius 3 is 2.65 bits per heavy atom. The van der Waals surface area contributed by atoms with Crippen LogP contribution < -0.4 is 4.90 Å². The van der Waals surface area contributed by atoms with Gasteiger partial charge >= 0.3 is 0 Å². The third-order valence-corrected chi connectivity index (χ3v) is 8.18. The van der Waals surface area contributed by atoms with E-state index in [1.165, 1.54) is 0 Å². The van der Waals surface area contributed by atoms with Gasteiger partial charge in [-0.1, -0.05) is 23.7 Å². The first kappa shape index (κ1) is 24.4. The Kier molecular flexibility index (Phi) is 7.40. The molecule has 1 N–H and O–H groups in total. The molecule has 2 aromatic carbocycles. The Hall–Kier alpha value is -2.68. The van der Waals surface area contributed by atoms with Crippen molar-refractivity contribution < 1.29 is 18.3 Å². The fraction of sp³-hybridized carbons (Fsp3) is 0.360. The molecule has 1 aliphatic heterocycles. The van der Waals surface area contributed by atoms with Crippen molar-refractivity contribution in [2.75, 3.05) is 36.9 Å². The number of carbonyl (C=O) groups is 1. The number of aryl methyl sites for hydroxylation is 1. The van der Waals surface area contributed by atoms with Crippen LogP contribution >= 0.6 is 11.6 Å². The summed E-state index contributed by atoms with van der Waals surface area (Å²) in [7, 11) is -3.63. The quantitative estimate of drug-likeness (QED) is 0.533. The number of piperazine rings is 1. The molecule has 2 heterocycles. The summed E-state index contributed by atoms with van der Waals surface area (Å²) in [5.41, 5.74) is 1.94. The highest BCUT2D eigenvalue weighted by Gasteiger charge is 2.31. The number of rotatable bonds is 7. The van der Waals surface area contributed by atoms with Crippen LogP contribution in [0.2, 0.25) is 5.02 Å². The number of fused-ring (bicyclic) bond motifs is 1. The van der Waals surface area contributed by atoms with E-state index in [4.69, 9.17) is 11.6 Å². The van der Waals surface area contributed by atoms with Gasteiger partial charge in [0.1, 0.15) is 0 Å². The molecule has 0 spiro atoms. The third kappa shape index (κ3) is 5.51. The summed E-state index contributed by atoms with van der Waals surface area (Å²) in [4.78, 5) is 21.4. The van der Waals surface area contributed by atoms with Crippen molar-refractivity contribution in [1.82, 2.24) is 9.88 Å². The number of aliphatic hydroxyl groups excluding tert-OH is 1. The lowest BCUT2D eigenvalue weighted by atomic mass is 10.1. The summed E-state index contributed by atoms with van der Waals surface area (Å²) in [6.07, 6.45) is 2.10. The number of aromatic nitrogens is 1. The van der Waals surface area contributed by atoms with E-state index < -0.39 is 9.84 Å². The molecular formula is C25H28ClN3O4S. The molecule has 1 amide bonds. The molecule has 0 radical (unpaired) electrons. The van der Waals surface area contributed by atoms with E-state index >= 15 is 0 Å². The summed E-state index contributed by atoms with van der Waals surface area (Å²) in [5.74, 6) is -0.472. The number of hydrogen-bond donors (Lipinski definition) is 1. The van der Waals surface area contributed by atoms with Gasteiger partial charge in [-0.3, -0.25) is 9.78 Å². The highest BCUT2D eigenvalue weighted by Crippen LogP contribution is 2.25. The second-order valence-electron chi connectivity index (χ2n) is 8.58. The van der Waals surface area contributed by atoms with Gasteiger partial charge in [0, 0.05) is 55.3 Å². The van der Waals surface area contributed by atoms with E-state index in [-0.39, 0.29) is 35.6 Å². The van der Waals surface area contributed by atoms with Crippen molar-refractivity contribution in [1.29, 1.82) is 0 Å². The van der Waals surface area contributed by atoms with Crippen LogP contribution in [0, 0.1) is 6.92 Å². The lowest BCUT2D eigenvalue weighted by Crippen LogP contribution is -2.55. The van der Waals surface area contributed by atoms with Crippen molar-refractivity contribution >= 4 is 43.8 Å². The molecule has 0 saturated carbocycles. The Labute approximate surface area is 204 Å². The predicted octanol–water partition coefficient (Wildman–Crippen LogP) is 3.46. The van der Waals surface area contributed by atoms with Crippen LogP contribution in [0.3, 0.4) is 0 Å². The Balaban J connectivity index is 1.43. The summed E-state index contributed by atoms with van der Waals surface area (Å²) >= 11 is 6.01. The average Bonchev–Trinajstić information content (AvgIpc) is 2.82. The maximum absolute atomic E-state index is 13.0. The molecule has 9 heteroatoms. The monoisotopic (exact) mass is 501 g/mol. The number of amides is 1. The van der Waals surface area contributed by atoms with Crippen LogP contribution in [0.1, 0.15) is 18.5 Å². The minimum Gasteiger partial charge on any atom is -0.396 e. The number of halogens is 1. The van der Waals surface area contributed by atoms with Crippen LogP contribution in [0.5, 0.6) is 0 Å². The van der Waals surface area contributed by atoms with E-state index in [0.29, 0.717) is 31.1 Å². The van der Waals surface area contributed by atoms with E-state index in [1.807, 2.05) is 19.1 Å². The van der Waals surface area contributed by atoms with Crippen LogP contribution in [-0.4, -0.2) is 67.4 Å². The molecule has 34 heavy (non-hydrogen) atoms. The van der Waals surface area contributed by atoms with Gasteiger partial charge in [-0.25, -0.2) is 8.42 Å². The number of pyridine rings is 1. The number of hydrogen-bond acceptors (Lipinski definition) is 6. The number of nitrogens with zero attached hydrogens (tertiary/aromatic N) is 3. The molecule has 180 valence electrons. The standard InChI is InChI=1S/C25H28ClN3O4S/c1-18-14-22(6-9-27-18)28-10-11-29(23(17-28)7-12-30)25(31)8-13-34(32,33)24-5-3-19-15-21(26)4-2-20(19)16-24/h2-6,9,14-16,23,30H,7-8,10-13,17H2,1H3. The summed E-state index contributed by atoms with van der Waals surface area (Å²) in [5, 5.41) is 11.8. The predicted molar refractivity (Wildman–Crippen MR) is 134 cm³/mol. The van der Waals surface area contributed by atoms with Gasteiger partial charge in [0.05, 0.1) is 16.7 Å². The van der Waals surface area contributed by atoms with Gasteiger partial charge in [0.25, 0.3) is 0 Å². The summed E-state index contributed by atoms with van der Waals surface area (Å²) < 4.78 is 25.9. The topological polar surface area (TPSA) is 90.8 Å². The zero-order chi connectivity index (χ0) is 24.3. The summed E-state index contributed by atoms with van der Waals surface area (Å²) in [6, 6.07) is 13.9. The number of carbonyl (C=O) groups excluding carboxylic acids is 1. The minimum absolute atomic E-state index is 0.0446. The smallest absolute Gasteiger partial charge is 0.223 e. The van der Waals surface area contributed by atoms with Crippen molar-refractivity contribution in [3.63, 3.8) is 0 Å². The lowest BCUT2D eigenvalue weighted by Gasteiger charge is -2.42. The van der Waals surface area contributed by atoms with E-state index in [0.717, 1.165) is 22.2 Å². The lowest BCUT2D eigenvalue weighted by molar-refractivity contribution is -0.133. The van der Waals surface area contributed by atoms with Crippen molar-refractivity contribution in [2.24, 2.45) is 0 Å². The molecule has 1 saturated heterocycles. The third-order valence-electron chi connectivity index (χ3n) is 6.23. The zero-order valence-corrected chi connectivity index (χ0v) is 20.6. The number of anilines is 1. The van der Waals surface area contributed by atoms with Gasteiger partial charge in [-0.15, -0.1) is 0 Å². The van der Waals surface area contributed by atoms with Crippen LogP contribution in [0.25, 0.3) is 10.8 Å². The summed E-state index contributed by atoms with van der Waals surface area (Å²) in [6.45, 7) is 3.57. The first-order chi connectivity index (χ1) is 16.3. The molecule has 1 atom stereocenters. The molecule has 4 rings (SSSR count). The van der Waals surface area contributed by atoms with Gasteiger partial charge < -0.3 is 14.9 Å². The molecule has 7 nitrogen and oxygen atoms in total. The first-order valence-electron chi connectivity index (χ1n) is 11.3. The van der Waals surface area contributed by atoms with Crippen LogP contribution in [-0.2, 0) is 14.6 Å². The molecule has 1 aliphatic rings. The van der Waals surface area contributed by atoms with Crippen LogP contribution in [0.4, 0.5) is 5.69 Å². The van der Waals surface area contributed by atoms with Crippen LogP contribution in [0.15, 0.2) is 59.6 Å². The fourth-order valence-corrected chi connectivity index (χ4v) is 5.85. The number of aliphatic hydroxyl groups is 1. The SMILES string of the molecule is Cc1cc(N2CCN(C(=O)CCS(=O)(=O)c3ccc4cc(Cl)ccc4c3)C(CCO)C2)ccn1. The molecule has 1 aromatic heterocycles. The van der Waals surface area contributed by atoms with Gasteiger partial charge in [-0.2, -0.15) is 0 Å². The van der Waals surface area contributed by atoms with E-state index in [9.17, 15) is 18.3 Å². The first-order valence-corrected chi connectivity index (χ1v) is 13.3. The highest BCUT2D eigenvalue weighted by molar-refractivity contribution is 7.91. The molecule has 1 fully saturated rings. The largest absolute Gasteiger partial charge is 0.396 e. The normalized spacial score (nSPS) is 16.7. The van der Waals surface area contributed by atoms with Crippen molar-refractivity contribution in [2.45, 2.75) is 30.7 Å².